The summed E-state index contributed by atoms with van der Waals surface area (Å²) in [6, 6.07) is 16.6. The van der Waals surface area contributed by atoms with Crippen LogP contribution in [0.1, 0.15) is 43.9 Å². The highest BCUT2D eigenvalue weighted by Gasteiger charge is 2.24. The van der Waals surface area contributed by atoms with E-state index < -0.39 is 0 Å². The third-order valence-corrected chi connectivity index (χ3v) is 4.39. The minimum absolute atomic E-state index is 0.0244. The summed E-state index contributed by atoms with van der Waals surface area (Å²) in [5, 5.41) is 0. The third kappa shape index (κ3) is 2.94. The Bertz CT molecular complexity index is 758. The summed E-state index contributed by atoms with van der Waals surface area (Å²) in [7, 11) is 0. The van der Waals surface area contributed by atoms with E-state index in [4.69, 9.17) is 0 Å². The number of allylic oxidation sites excluding steroid dienone is 1. The van der Waals surface area contributed by atoms with E-state index in [2.05, 4.69) is 43.3 Å². The molecular formula is C21H23NO. The predicted octanol–water partition coefficient (Wildman–Crippen LogP) is 5.14. The second kappa shape index (κ2) is 6.41. The zero-order valence-corrected chi connectivity index (χ0v) is 14.0. The van der Waals surface area contributed by atoms with Crippen molar-refractivity contribution < 1.29 is 4.79 Å². The number of carbonyl (C=O) groups excluding carboxylic acids is 1. The van der Waals surface area contributed by atoms with Gasteiger partial charge in [0.2, 0.25) is 5.91 Å². The molecule has 2 aromatic rings. The summed E-state index contributed by atoms with van der Waals surface area (Å²) in [6.07, 6.45) is 3.21. The molecule has 1 aliphatic heterocycles. The van der Waals surface area contributed by atoms with E-state index in [-0.39, 0.29) is 11.8 Å². The molecule has 0 atom stereocenters. The van der Waals surface area contributed by atoms with Crippen LogP contribution in [0.4, 0.5) is 5.69 Å². The lowest BCUT2D eigenvalue weighted by atomic mass is 9.93. The smallest absolute Gasteiger partial charge is 0.229 e. The molecule has 2 nitrogen and oxygen atoms in total. The quantitative estimate of drug-likeness (QED) is 0.752. The summed E-state index contributed by atoms with van der Waals surface area (Å²) < 4.78 is 0. The molecule has 0 saturated heterocycles. The molecule has 0 aromatic heterocycles. The van der Waals surface area contributed by atoms with E-state index in [0.29, 0.717) is 6.54 Å². The number of rotatable bonds is 2. The second-order valence-electron chi connectivity index (χ2n) is 6.32. The lowest BCUT2D eigenvalue weighted by molar-refractivity contribution is -0.121. The fourth-order valence-electron chi connectivity index (χ4n) is 3.12. The third-order valence-electron chi connectivity index (χ3n) is 4.39. The fourth-order valence-corrected chi connectivity index (χ4v) is 3.12. The Balaban J connectivity index is 2.24. The van der Waals surface area contributed by atoms with E-state index in [0.717, 1.165) is 12.1 Å². The van der Waals surface area contributed by atoms with E-state index in [1.54, 1.807) is 0 Å². The Morgan fingerprint density at radius 3 is 2.52 bits per heavy atom. The van der Waals surface area contributed by atoms with Crippen molar-refractivity contribution in [3.63, 3.8) is 0 Å². The first kappa shape index (κ1) is 15.5. The normalized spacial score (nSPS) is 16.0. The van der Waals surface area contributed by atoms with Crippen LogP contribution < -0.4 is 4.90 Å². The van der Waals surface area contributed by atoms with Crippen molar-refractivity contribution in [3.05, 3.63) is 65.2 Å². The van der Waals surface area contributed by atoms with Crippen LogP contribution in [0.3, 0.4) is 0 Å². The van der Waals surface area contributed by atoms with Gasteiger partial charge in [0.15, 0.2) is 0 Å². The van der Waals surface area contributed by atoms with Crippen molar-refractivity contribution in [3.8, 4) is 0 Å². The molecule has 0 unspecified atom stereocenters. The highest BCUT2D eigenvalue weighted by molar-refractivity contribution is 6.00. The number of nitrogens with zero attached hydrogens (tertiary/aromatic N) is 1. The Labute approximate surface area is 138 Å². The van der Waals surface area contributed by atoms with Crippen molar-refractivity contribution in [1.82, 2.24) is 0 Å². The van der Waals surface area contributed by atoms with Crippen LogP contribution in [0.5, 0.6) is 0 Å². The average Bonchev–Trinajstić information content (AvgIpc) is 2.56. The zero-order valence-electron chi connectivity index (χ0n) is 14.0. The number of benzene rings is 2. The van der Waals surface area contributed by atoms with Crippen LogP contribution in [0, 0.1) is 5.92 Å². The molecule has 0 saturated carbocycles. The maximum atomic E-state index is 12.8. The number of anilines is 1. The molecule has 0 N–H and O–H groups in total. The molecule has 23 heavy (non-hydrogen) atoms. The molecule has 0 radical (unpaired) electrons. The molecule has 1 aliphatic rings. The van der Waals surface area contributed by atoms with Gasteiger partial charge in [-0.25, -0.2) is 0 Å². The Morgan fingerprint density at radius 2 is 1.78 bits per heavy atom. The molecule has 0 bridgehead atoms. The standard InChI is InChI=1S/C21H23NO/c1-4-16-13-17-9-5-6-10-18(17)14-22(21(23)15(2)3)20-12-8-7-11-19(16)20/h5-13,15H,4,14H2,1-3H3/b16-13-. The second-order valence-corrected chi connectivity index (χ2v) is 6.32. The van der Waals surface area contributed by atoms with Gasteiger partial charge in [-0.3, -0.25) is 4.79 Å². The lowest BCUT2D eigenvalue weighted by Crippen LogP contribution is -2.35. The van der Waals surface area contributed by atoms with Crippen LogP contribution in [0.15, 0.2) is 48.5 Å². The van der Waals surface area contributed by atoms with E-state index >= 15 is 0 Å². The molecule has 1 heterocycles. The molecule has 2 aromatic carbocycles. The van der Waals surface area contributed by atoms with Gasteiger partial charge >= 0.3 is 0 Å². The number of para-hydroxylation sites is 1. The van der Waals surface area contributed by atoms with Gasteiger partial charge < -0.3 is 4.90 Å². The van der Waals surface area contributed by atoms with E-state index in [1.165, 1.54) is 22.3 Å². The van der Waals surface area contributed by atoms with Gasteiger partial charge in [0, 0.05) is 11.5 Å². The SMILES string of the molecule is CC/C1=C/c2ccccc2CN(C(=O)C(C)C)c2ccccc21. The zero-order chi connectivity index (χ0) is 16.4. The van der Waals surface area contributed by atoms with Crippen molar-refractivity contribution in [2.75, 3.05) is 4.90 Å². The van der Waals surface area contributed by atoms with Crippen molar-refractivity contribution in [1.29, 1.82) is 0 Å². The number of fused-ring (bicyclic) bond motifs is 2. The largest absolute Gasteiger partial charge is 0.307 e. The summed E-state index contributed by atoms with van der Waals surface area (Å²) in [6.45, 7) is 6.72. The van der Waals surface area contributed by atoms with Gasteiger partial charge in [0.25, 0.3) is 0 Å². The van der Waals surface area contributed by atoms with Gasteiger partial charge in [0.05, 0.1) is 12.2 Å². The predicted molar refractivity (Wildman–Crippen MR) is 97.1 cm³/mol. The first-order valence-corrected chi connectivity index (χ1v) is 8.31. The minimum atomic E-state index is -0.0244. The molecule has 0 spiro atoms. The highest BCUT2D eigenvalue weighted by atomic mass is 16.2. The number of hydrogen-bond donors (Lipinski definition) is 0. The topological polar surface area (TPSA) is 20.3 Å². The van der Waals surface area contributed by atoms with Crippen LogP contribution >= 0.6 is 0 Å². The molecule has 118 valence electrons. The van der Waals surface area contributed by atoms with Crippen molar-refractivity contribution in [2.45, 2.75) is 33.7 Å². The highest BCUT2D eigenvalue weighted by Crippen LogP contribution is 2.35. The maximum absolute atomic E-state index is 12.8. The molecular weight excluding hydrogens is 282 g/mol. The fraction of sp³-hybridized carbons (Fsp3) is 0.286. The average molecular weight is 305 g/mol. The summed E-state index contributed by atoms with van der Waals surface area (Å²) in [5.74, 6) is 0.147. The van der Waals surface area contributed by atoms with Gasteiger partial charge in [-0.15, -0.1) is 0 Å². The van der Waals surface area contributed by atoms with Gasteiger partial charge in [-0.05, 0) is 29.2 Å². The molecule has 2 heteroatoms. The van der Waals surface area contributed by atoms with Gasteiger partial charge in [0.1, 0.15) is 0 Å². The molecule has 0 fully saturated rings. The van der Waals surface area contributed by atoms with Gasteiger partial charge in [-0.1, -0.05) is 69.3 Å². The molecule has 1 amide bonds. The number of carbonyl (C=O) groups is 1. The Kier molecular flexibility index (Phi) is 4.33. The Hall–Kier alpha value is -2.35. The van der Waals surface area contributed by atoms with Crippen LogP contribution in [-0.2, 0) is 11.3 Å². The van der Waals surface area contributed by atoms with E-state index in [1.807, 2.05) is 36.9 Å². The van der Waals surface area contributed by atoms with Crippen molar-refractivity contribution >= 4 is 23.2 Å². The monoisotopic (exact) mass is 305 g/mol. The summed E-state index contributed by atoms with van der Waals surface area (Å²) in [4.78, 5) is 14.8. The summed E-state index contributed by atoms with van der Waals surface area (Å²) >= 11 is 0. The maximum Gasteiger partial charge on any atom is 0.229 e. The van der Waals surface area contributed by atoms with Crippen LogP contribution in [0.25, 0.3) is 11.6 Å². The number of hydrogen-bond acceptors (Lipinski definition) is 1. The minimum Gasteiger partial charge on any atom is -0.307 e. The van der Waals surface area contributed by atoms with E-state index in [9.17, 15) is 4.79 Å². The molecule has 3 rings (SSSR count). The first-order chi connectivity index (χ1) is 11.1. The number of amides is 1. The lowest BCUT2D eigenvalue weighted by Gasteiger charge is -2.30. The van der Waals surface area contributed by atoms with Gasteiger partial charge in [-0.2, -0.15) is 0 Å². The Morgan fingerprint density at radius 1 is 1.09 bits per heavy atom. The van der Waals surface area contributed by atoms with Crippen LogP contribution in [0.2, 0.25) is 0 Å². The first-order valence-electron chi connectivity index (χ1n) is 8.31. The van der Waals surface area contributed by atoms with Crippen LogP contribution in [-0.4, -0.2) is 5.91 Å². The summed E-state index contributed by atoms with van der Waals surface area (Å²) in [5.41, 5.74) is 5.86. The van der Waals surface area contributed by atoms with Crippen molar-refractivity contribution in [2.24, 2.45) is 5.92 Å². The molecule has 0 aliphatic carbocycles.